The van der Waals surface area contributed by atoms with Gasteiger partial charge in [-0.3, -0.25) is 9.69 Å². The maximum atomic E-state index is 13.4. The molecular formula is C22H24N2O3. The number of anilines is 1. The molecule has 4 fully saturated rings. The van der Waals surface area contributed by atoms with E-state index in [1.165, 1.54) is 11.1 Å². The number of piperidine rings is 2. The quantitative estimate of drug-likeness (QED) is 0.714. The third kappa shape index (κ3) is 1.42. The van der Waals surface area contributed by atoms with E-state index in [0.29, 0.717) is 25.0 Å². The summed E-state index contributed by atoms with van der Waals surface area (Å²) in [7, 11) is 1.85. The molecule has 7 rings (SSSR count). The predicted octanol–water partition coefficient (Wildman–Crippen LogP) is 1.86. The molecule has 0 unspecified atom stereocenters. The largest absolute Gasteiger partial charge is 0.373 e. The second-order valence-corrected chi connectivity index (χ2v) is 9.11. The van der Waals surface area contributed by atoms with Crippen molar-refractivity contribution in [3.8, 4) is 0 Å². The number of rotatable bonds is 1. The molecule has 5 aliphatic heterocycles. The first-order valence-electron chi connectivity index (χ1n) is 10.2. The van der Waals surface area contributed by atoms with Gasteiger partial charge >= 0.3 is 0 Å². The van der Waals surface area contributed by atoms with Crippen LogP contribution in [0.3, 0.4) is 0 Å². The Labute approximate surface area is 158 Å². The van der Waals surface area contributed by atoms with E-state index in [1.54, 1.807) is 0 Å². The minimum absolute atomic E-state index is 0.0311. The zero-order valence-corrected chi connectivity index (χ0v) is 15.6. The second kappa shape index (κ2) is 4.65. The SMILES string of the molecule is CO[C@@]12[C@@H]3CC(=O)N4c5ccccc5[C@@]5(CCN6CC(=CCO3)[C@@H]1C[C@H]65)[C@@H]42. The van der Waals surface area contributed by atoms with Gasteiger partial charge in [-0.05, 0) is 31.0 Å². The molecule has 1 aromatic rings. The fourth-order valence-corrected chi connectivity index (χ4v) is 7.89. The van der Waals surface area contributed by atoms with Crippen LogP contribution < -0.4 is 4.90 Å². The predicted molar refractivity (Wildman–Crippen MR) is 99.7 cm³/mol. The Morgan fingerprint density at radius 1 is 1.30 bits per heavy atom. The zero-order chi connectivity index (χ0) is 18.0. The van der Waals surface area contributed by atoms with Crippen LogP contribution in [0.15, 0.2) is 35.9 Å². The number of methoxy groups -OCH3 is 1. The molecule has 3 saturated heterocycles. The summed E-state index contributed by atoms with van der Waals surface area (Å²) in [5.41, 5.74) is 3.48. The Morgan fingerprint density at radius 2 is 2.19 bits per heavy atom. The van der Waals surface area contributed by atoms with E-state index >= 15 is 0 Å². The van der Waals surface area contributed by atoms with Crippen LogP contribution in [0.25, 0.3) is 0 Å². The van der Waals surface area contributed by atoms with Crippen molar-refractivity contribution in [2.24, 2.45) is 5.92 Å². The highest BCUT2D eigenvalue weighted by molar-refractivity contribution is 6.00. The van der Waals surface area contributed by atoms with Gasteiger partial charge in [-0.2, -0.15) is 0 Å². The number of hydrogen-bond acceptors (Lipinski definition) is 4. The molecule has 6 atom stereocenters. The van der Waals surface area contributed by atoms with Crippen LogP contribution >= 0.6 is 0 Å². The number of nitrogens with zero attached hydrogens (tertiary/aromatic N) is 2. The molecule has 1 saturated carbocycles. The first-order chi connectivity index (χ1) is 13.2. The van der Waals surface area contributed by atoms with Crippen LogP contribution in [0.5, 0.6) is 0 Å². The Kier molecular flexibility index (Phi) is 2.63. The van der Waals surface area contributed by atoms with E-state index in [1.807, 2.05) is 7.11 Å². The maximum absolute atomic E-state index is 13.4. The van der Waals surface area contributed by atoms with Gasteiger partial charge in [0.25, 0.3) is 0 Å². The summed E-state index contributed by atoms with van der Waals surface area (Å²) in [6, 6.07) is 9.15. The van der Waals surface area contributed by atoms with E-state index in [-0.39, 0.29) is 23.5 Å². The van der Waals surface area contributed by atoms with Gasteiger partial charge in [0.15, 0.2) is 0 Å². The second-order valence-electron chi connectivity index (χ2n) is 9.11. The van der Waals surface area contributed by atoms with E-state index in [2.05, 4.69) is 40.1 Å². The van der Waals surface area contributed by atoms with E-state index < -0.39 is 5.60 Å². The number of amides is 1. The number of benzene rings is 1. The van der Waals surface area contributed by atoms with E-state index in [4.69, 9.17) is 9.47 Å². The number of ether oxygens (including phenoxy) is 2. The van der Waals surface area contributed by atoms with Crippen molar-refractivity contribution in [3.05, 3.63) is 41.5 Å². The topological polar surface area (TPSA) is 42.0 Å². The van der Waals surface area contributed by atoms with Gasteiger partial charge in [0, 0.05) is 36.7 Å². The molecule has 140 valence electrons. The molecule has 0 N–H and O–H groups in total. The first kappa shape index (κ1) is 15.3. The Balaban J connectivity index is 1.59. The molecular weight excluding hydrogens is 340 g/mol. The van der Waals surface area contributed by atoms with Gasteiger partial charge in [-0.1, -0.05) is 29.8 Å². The summed E-state index contributed by atoms with van der Waals surface area (Å²) in [6.07, 6.45) is 4.75. The van der Waals surface area contributed by atoms with Gasteiger partial charge in [-0.25, -0.2) is 0 Å². The van der Waals surface area contributed by atoms with Gasteiger partial charge in [0.05, 0.1) is 25.2 Å². The van der Waals surface area contributed by atoms with Crippen LogP contribution in [0.1, 0.15) is 24.8 Å². The number of para-hydroxylation sites is 1. The fourth-order valence-electron chi connectivity index (χ4n) is 7.89. The van der Waals surface area contributed by atoms with Crippen molar-refractivity contribution in [2.75, 3.05) is 31.7 Å². The van der Waals surface area contributed by atoms with Crippen molar-refractivity contribution in [2.45, 2.75) is 48.5 Å². The lowest BCUT2D eigenvalue weighted by atomic mass is 9.51. The van der Waals surface area contributed by atoms with Gasteiger partial charge in [-0.15, -0.1) is 0 Å². The Hall–Kier alpha value is -1.69. The molecule has 5 heterocycles. The highest BCUT2D eigenvalue weighted by atomic mass is 16.5. The van der Waals surface area contributed by atoms with Crippen molar-refractivity contribution < 1.29 is 14.3 Å². The normalized spacial score (nSPS) is 46.2. The van der Waals surface area contributed by atoms with E-state index in [9.17, 15) is 4.79 Å². The minimum Gasteiger partial charge on any atom is -0.373 e. The van der Waals surface area contributed by atoms with Crippen LogP contribution in [0, 0.1) is 5.92 Å². The molecule has 0 radical (unpaired) electrons. The summed E-state index contributed by atoms with van der Waals surface area (Å²) in [4.78, 5) is 18.2. The zero-order valence-electron chi connectivity index (χ0n) is 15.6. The lowest BCUT2D eigenvalue weighted by molar-refractivity contribution is -0.205. The third-order valence-electron chi connectivity index (χ3n) is 8.65. The molecule has 1 aromatic carbocycles. The van der Waals surface area contributed by atoms with E-state index in [0.717, 1.165) is 31.6 Å². The molecule has 6 aliphatic rings. The van der Waals surface area contributed by atoms with Crippen molar-refractivity contribution >= 4 is 11.6 Å². The van der Waals surface area contributed by atoms with Crippen molar-refractivity contribution in [1.29, 1.82) is 0 Å². The number of carbonyl (C=O) groups excluding carboxylic acids is 1. The smallest absolute Gasteiger partial charge is 0.230 e. The Bertz CT molecular complexity index is 913. The summed E-state index contributed by atoms with van der Waals surface area (Å²) >= 11 is 0. The third-order valence-corrected chi connectivity index (χ3v) is 8.65. The standard InChI is InChI=1S/C22H24N2O3/c1-26-22-15-10-17-21-7-8-23(17)12-13(15)6-9-27-18(22)11-19(25)24(20(21)22)16-5-3-2-4-14(16)21/h2-6,15,17-18,20H,7-12H2,1H3/t15-,17-,18-,20+,21+,22+/m0/s1. The van der Waals surface area contributed by atoms with Crippen LogP contribution in [0.4, 0.5) is 5.69 Å². The van der Waals surface area contributed by atoms with Crippen molar-refractivity contribution in [1.82, 2.24) is 4.90 Å². The molecule has 5 nitrogen and oxygen atoms in total. The van der Waals surface area contributed by atoms with Crippen LogP contribution in [-0.4, -0.2) is 61.4 Å². The first-order valence-corrected chi connectivity index (χ1v) is 10.2. The monoisotopic (exact) mass is 364 g/mol. The molecule has 2 bridgehead atoms. The Morgan fingerprint density at radius 3 is 3.07 bits per heavy atom. The van der Waals surface area contributed by atoms with Crippen LogP contribution in [-0.2, 0) is 19.7 Å². The molecule has 27 heavy (non-hydrogen) atoms. The summed E-state index contributed by atoms with van der Waals surface area (Å²) < 4.78 is 12.8. The lowest BCUT2D eigenvalue weighted by Crippen LogP contribution is -2.79. The highest BCUT2D eigenvalue weighted by Gasteiger charge is 2.77. The highest BCUT2D eigenvalue weighted by Crippen LogP contribution is 2.67. The van der Waals surface area contributed by atoms with Crippen LogP contribution in [0.2, 0.25) is 0 Å². The molecule has 1 amide bonds. The van der Waals surface area contributed by atoms with Gasteiger partial charge < -0.3 is 14.4 Å². The number of hydrogen-bond donors (Lipinski definition) is 0. The molecule has 0 aromatic heterocycles. The molecule has 5 heteroatoms. The molecule has 1 spiro atoms. The maximum Gasteiger partial charge on any atom is 0.230 e. The van der Waals surface area contributed by atoms with Gasteiger partial charge in [0.2, 0.25) is 5.91 Å². The average molecular weight is 364 g/mol. The summed E-state index contributed by atoms with van der Waals surface area (Å²) in [5.74, 6) is 0.543. The van der Waals surface area contributed by atoms with Gasteiger partial charge in [0.1, 0.15) is 5.60 Å². The molecule has 1 aliphatic carbocycles. The number of carbonyl (C=O) groups is 1. The summed E-state index contributed by atoms with van der Waals surface area (Å²) in [5, 5.41) is 0. The average Bonchev–Trinajstić information content (AvgIpc) is 3.17. The lowest BCUT2D eigenvalue weighted by Gasteiger charge is -2.64. The van der Waals surface area contributed by atoms with Crippen molar-refractivity contribution in [3.63, 3.8) is 0 Å². The minimum atomic E-state index is -0.442. The summed E-state index contributed by atoms with van der Waals surface area (Å²) in [6.45, 7) is 2.73. The number of fused-ring (bicyclic) bond motifs is 2. The fraction of sp³-hybridized carbons (Fsp3) is 0.591.